The molecule has 2 amide bonds. The Balaban J connectivity index is 2.39. The minimum Gasteiger partial charge on any atom is -0.466 e. The van der Waals surface area contributed by atoms with Gasteiger partial charge in [-0.3, -0.25) is 19.9 Å². The lowest BCUT2D eigenvalue weighted by molar-refractivity contribution is -0.155. The van der Waals surface area contributed by atoms with Gasteiger partial charge in [0, 0.05) is 36.7 Å². The van der Waals surface area contributed by atoms with Crippen LogP contribution in [0.5, 0.6) is 0 Å². The fourth-order valence-electron chi connectivity index (χ4n) is 5.05. The molecule has 0 aromatic heterocycles. The average molecular weight is 556 g/mol. The Morgan fingerprint density at radius 1 is 1.18 bits per heavy atom. The fraction of sp³-hybridized carbons (Fsp3) is 0.467. The van der Waals surface area contributed by atoms with E-state index in [1.54, 1.807) is 32.9 Å². The van der Waals surface area contributed by atoms with Gasteiger partial charge in [-0.05, 0) is 74.1 Å². The van der Waals surface area contributed by atoms with Gasteiger partial charge in [-0.1, -0.05) is 43.6 Å². The predicted octanol–water partition coefficient (Wildman–Crippen LogP) is 4.50. The van der Waals surface area contributed by atoms with Crippen molar-refractivity contribution >= 4 is 35.5 Å². The molecule has 9 heteroatoms. The van der Waals surface area contributed by atoms with Crippen molar-refractivity contribution in [2.45, 2.75) is 65.5 Å². The minimum absolute atomic E-state index is 0.00914. The summed E-state index contributed by atoms with van der Waals surface area (Å²) in [6.07, 6.45) is 1.22. The molecule has 2 aromatic carbocycles. The molecule has 0 bridgehead atoms. The van der Waals surface area contributed by atoms with E-state index in [0.29, 0.717) is 21.9 Å². The molecule has 1 N–H and O–H groups in total. The van der Waals surface area contributed by atoms with E-state index in [0.717, 1.165) is 28.2 Å². The maximum Gasteiger partial charge on any atom is 0.345 e. The number of aldehydes is 1. The van der Waals surface area contributed by atoms with Crippen molar-refractivity contribution in [3.63, 3.8) is 0 Å². The predicted molar refractivity (Wildman–Crippen MR) is 150 cm³/mol. The third-order valence-corrected chi connectivity index (χ3v) is 7.29. The second kappa shape index (κ2) is 12.3. The van der Waals surface area contributed by atoms with Gasteiger partial charge in [0.2, 0.25) is 0 Å². The molecule has 0 aliphatic carbocycles. The molecule has 1 aliphatic rings. The van der Waals surface area contributed by atoms with Crippen molar-refractivity contribution < 1.29 is 24.3 Å². The van der Waals surface area contributed by atoms with Gasteiger partial charge in [0.25, 0.3) is 0 Å². The monoisotopic (exact) mass is 555 g/mol. The highest BCUT2D eigenvalue weighted by Crippen LogP contribution is 2.42. The molecule has 0 fully saturated rings. The Kier molecular flexibility index (Phi) is 9.56. The Labute approximate surface area is 234 Å². The number of amides is 2. The molecule has 210 valence electrons. The molecule has 0 saturated heterocycles. The number of hydroxylamine groups is 2. The Bertz CT molecular complexity index is 1340. The molecule has 3 rings (SSSR count). The van der Waals surface area contributed by atoms with E-state index in [1.807, 2.05) is 24.3 Å². The van der Waals surface area contributed by atoms with Crippen LogP contribution in [0.4, 0.5) is 4.79 Å². The van der Waals surface area contributed by atoms with E-state index >= 15 is 0 Å². The van der Waals surface area contributed by atoms with E-state index in [1.165, 1.54) is 11.9 Å². The van der Waals surface area contributed by atoms with E-state index in [4.69, 9.17) is 21.3 Å². The Morgan fingerprint density at radius 2 is 1.85 bits per heavy atom. The largest absolute Gasteiger partial charge is 0.466 e. The number of esters is 1. The van der Waals surface area contributed by atoms with Crippen LogP contribution < -0.4 is 10.6 Å². The average Bonchev–Trinajstić information content (AvgIpc) is 3.17. The lowest BCUT2D eigenvalue weighted by atomic mass is 9.77. The molecule has 1 atom stereocenters. The van der Waals surface area contributed by atoms with Crippen LogP contribution in [0, 0.1) is 5.41 Å². The van der Waals surface area contributed by atoms with Crippen LogP contribution >= 0.6 is 11.6 Å². The van der Waals surface area contributed by atoms with Gasteiger partial charge < -0.3 is 9.53 Å². The maximum absolute atomic E-state index is 13.6. The van der Waals surface area contributed by atoms with Crippen LogP contribution in [0.2, 0.25) is 5.02 Å². The van der Waals surface area contributed by atoms with Crippen LogP contribution in [-0.4, -0.2) is 59.3 Å². The first-order valence-electron chi connectivity index (χ1n) is 13.2. The SMILES string of the molecule is CCOC(=O)C(C)(C)CC1(N(CCC=O)C(=O)N(C)O)N=c2ccc(C(C)C)cc2=C1Cc1ccc(Cl)cc1. The summed E-state index contributed by atoms with van der Waals surface area (Å²) in [5, 5.41) is 12.9. The number of halogens is 1. The molecular formula is C30H38ClN3O5. The second-order valence-corrected chi connectivity index (χ2v) is 11.3. The van der Waals surface area contributed by atoms with Crippen LogP contribution in [0.25, 0.3) is 5.57 Å². The summed E-state index contributed by atoms with van der Waals surface area (Å²) in [7, 11) is 1.23. The molecule has 0 saturated carbocycles. The van der Waals surface area contributed by atoms with Crippen molar-refractivity contribution in [2.75, 3.05) is 20.2 Å². The lowest BCUT2D eigenvalue weighted by Crippen LogP contribution is -2.57. The van der Waals surface area contributed by atoms with Gasteiger partial charge in [-0.15, -0.1) is 0 Å². The van der Waals surface area contributed by atoms with E-state index < -0.39 is 23.1 Å². The number of urea groups is 1. The number of rotatable bonds is 11. The molecule has 1 aliphatic heterocycles. The first kappa shape index (κ1) is 30.3. The zero-order valence-corrected chi connectivity index (χ0v) is 24.3. The summed E-state index contributed by atoms with van der Waals surface area (Å²) in [5.74, 6) is -0.182. The zero-order valence-electron chi connectivity index (χ0n) is 23.5. The topological polar surface area (TPSA) is 99.5 Å². The highest BCUT2D eigenvalue weighted by Gasteiger charge is 2.51. The van der Waals surface area contributed by atoms with E-state index in [9.17, 15) is 19.6 Å². The zero-order chi connectivity index (χ0) is 29.0. The summed E-state index contributed by atoms with van der Waals surface area (Å²) in [6, 6.07) is 12.7. The summed E-state index contributed by atoms with van der Waals surface area (Å²) in [4.78, 5) is 44.8. The van der Waals surface area contributed by atoms with Gasteiger partial charge in [0.15, 0.2) is 5.66 Å². The van der Waals surface area contributed by atoms with Gasteiger partial charge in [-0.25, -0.2) is 9.86 Å². The van der Waals surface area contributed by atoms with Crippen LogP contribution in [-0.2, 0) is 20.7 Å². The molecule has 39 heavy (non-hydrogen) atoms. The van der Waals surface area contributed by atoms with E-state index in [-0.39, 0.29) is 31.9 Å². The van der Waals surface area contributed by atoms with Crippen molar-refractivity contribution in [1.82, 2.24) is 9.96 Å². The second-order valence-electron chi connectivity index (χ2n) is 10.8. The van der Waals surface area contributed by atoms with Gasteiger partial charge in [0.05, 0.1) is 17.4 Å². The number of hydrogen-bond acceptors (Lipinski definition) is 6. The number of hydrogen-bond donors (Lipinski definition) is 1. The minimum atomic E-state index is -1.38. The maximum atomic E-state index is 13.6. The summed E-state index contributed by atoms with van der Waals surface area (Å²) < 4.78 is 5.40. The number of carbonyl (C=O) groups excluding carboxylic acids is 3. The van der Waals surface area contributed by atoms with Crippen LogP contribution in [0.1, 0.15) is 64.5 Å². The fourth-order valence-corrected chi connectivity index (χ4v) is 5.18. The molecule has 1 heterocycles. The van der Waals surface area contributed by atoms with Gasteiger partial charge >= 0.3 is 12.0 Å². The lowest BCUT2D eigenvalue weighted by Gasteiger charge is -2.45. The third kappa shape index (κ3) is 6.50. The molecule has 1 unspecified atom stereocenters. The number of benzene rings is 2. The molecule has 0 radical (unpaired) electrons. The first-order valence-corrected chi connectivity index (χ1v) is 13.6. The standard InChI is InChI=1S/C30H38ClN3O5/c1-7-39-27(36)29(4,5)19-30(34(15-8-16-35)28(37)33(6)38)25(17-21-9-12-23(31)13-10-21)24-18-22(20(2)3)11-14-26(24)32-30/h9-14,16,18,20,38H,7-8,15,17,19H2,1-6H3. The molecule has 2 aromatic rings. The molecular weight excluding hydrogens is 518 g/mol. The van der Waals surface area contributed by atoms with Crippen LogP contribution in [0.3, 0.4) is 0 Å². The van der Waals surface area contributed by atoms with Crippen molar-refractivity contribution in [3.8, 4) is 0 Å². The number of ether oxygens (including phenoxy) is 1. The van der Waals surface area contributed by atoms with Crippen molar-refractivity contribution in [3.05, 3.63) is 69.2 Å². The van der Waals surface area contributed by atoms with E-state index in [2.05, 4.69) is 19.9 Å². The molecule has 8 nitrogen and oxygen atoms in total. The number of nitrogens with zero attached hydrogens (tertiary/aromatic N) is 3. The van der Waals surface area contributed by atoms with Crippen molar-refractivity contribution in [1.29, 1.82) is 0 Å². The van der Waals surface area contributed by atoms with Crippen molar-refractivity contribution in [2.24, 2.45) is 10.4 Å². The van der Waals surface area contributed by atoms with Gasteiger partial charge in [-0.2, -0.15) is 0 Å². The summed E-state index contributed by atoms with van der Waals surface area (Å²) in [6.45, 7) is 9.66. The number of fused-ring (bicyclic) bond motifs is 1. The highest BCUT2D eigenvalue weighted by molar-refractivity contribution is 6.30. The first-order chi connectivity index (χ1) is 18.4. The van der Waals surface area contributed by atoms with Gasteiger partial charge in [0.1, 0.15) is 6.29 Å². The Hall–Kier alpha value is -3.23. The van der Waals surface area contributed by atoms with Crippen LogP contribution in [0.15, 0.2) is 47.5 Å². The smallest absolute Gasteiger partial charge is 0.345 e. The summed E-state index contributed by atoms with van der Waals surface area (Å²) in [5.41, 5.74) is 0.376. The highest BCUT2D eigenvalue weighted by atomic mass is 35.5. The normalized spacial score (nSPS) is 16.5. The Morgan fingerprint density at radius 3 is 2.41 bits per heavy atom. The molecule has 0 spiro atoms. The quantitative estimate of drug-likeness (QED) is 0.190. The third-order valence-electron chi connectivity index (χ3n) is 7.04. The summed E-state index contributed by atoms with van der Waals surface area (Å²) >= 11 is 6.16. The number of carbonyl (C=O) groups is 3.